The van der Waals surface area contributed by atoms with E-state index in [1.807, 2.05) is 6.92 Å². The van der Waals surface area contributed by atoms with Crippen LogP contribution in [0.3, 0.4) is 0 Å². The van der Waals surface area contributed by atoms with Gasteiger partial charge in [0.2, 0.25) is 0 Å². The zero-order valence-electron chi connectivity index (χ0n) is 18.4. The van der Waals surface area contributed by atoms with Crippen LogP contribution in [0.4, 0.5) is 9.52 Å². The minimum absolute atomic E-state index is 0.0206. The number of nitrogens with zero attached hydrogens (tertiary/aromatic N) is 3. The smallest absolute Gasteiger partial charge is 0.301 e. The summed E-state index contributed by atoms with van der Waals surface area (Å²) in [6.45, 7) is 1.96. The van der Waals surface area contributed by atoms with Gasteiger partial charge in [-0.15, -0.1) is 0 Å². The number of ketones is 1. The number of amides is 1. The predicted octanol–water partition coefficient (Wildman–Crippen LogP) is 4.78. The number of halogens is 1. The van der Waals surface area contributed by atoms with E-state index in [1.165, 1.54) is 23.1 Å². The van der Waals surface area contributed by atoms with Gasteiger partial charge in [0.1, 0.15) is 23.4 Å². The number of anilines is 1. The van der Waals surface area contributed by atoms with Gasteiger partial charge in [-0.05, 0) is 60.5 Å². The lowest BCUT2D eigenvalue weighted by Crippen LogP contribution is -2.29. The molecule has 0 spiro atoms. The molecule has 2 aromatic carbocycles. The van der Waals surface area contributed by atoms with Crippen molar-refractivity contribution >= 4 is 44.1 Å². The van der Waals surface area contributed by atoms with Crippen molar-refractivity contribution in [1.82, 2.24) is 9.97 Å². The fourth-order valence-electron chi connectivity index (χ4n) is 4.60. The van der Waals surface area contributed by atoms with Crippen LogP contribution in [-0.4, -0.2) is 32.9 Å². The number of aliphatic hydroxyl groups excluding tert-OH is 1. The van der Waals surface area contributed by atoms with Crippen molar-refractivity contribution in [2.45, 2.75) is 25.5 Å². The Hall–Kier alpha value is -4.11. The quantitative estimate of drug-likeness (QED) is 0.254. The van der Waals surface area contributed by atoms with Gasteiger partial charge in [-0.3, -0.25) is 19.5 Å². The summed E-state index contributed by atoms with van der Waals surface area (Å²) < 4.78 is 20.0. The third kappa shape index (κ3) is 3.47. The topological polar surface area (TPSA) is 92.6 Å². The lowest BCUT2D eigenvalue weighted by Gasteiger charge is -2.22. The molecule has 1 N–H and O–H groups in total. The normalized spacial score (nSPS) is 20.9. The molecule has 4 heterocycles. The van der Waals surface area contributed by atoms with Crippen molar-refractivity contribution < 1.29 is 23.8 Å². The number of aliphatic hydroxyl groups is 1. The molecule has 35 heavy (non-hydrogen) atoms. The Balaban J connectivity index is 1.53. The second-order valence-electron chi connectivity index (χ2n) is 8.52. The maximum Gasteiger partial charge on any atom is 0.301 e. The molecule has 6 rings (SSSR count). The van der Waals surface area contributed by atoms with Crippen LogP contribution in [0, 0.1) is 5.82 Å². The zero-order chi connectivity index (χ0) is 24.3. The van der Waals surface area contributed by atoms with Gasteiger partial charge >= 0.3 is 5.91 Å². The number of thiazole rings is 1. The minimum atomic E-state index is -0.947. The Morgan fingerprint density at radius 2 is 2.06 bits per heavy atom. The number of hydrogen-bond acceptors (Lipinski definition) is 7. The number of carbonyl (C=O) groups excluding carboxylic acids is 2. The molecular weight excluding hydrogens is 469 g/mol. The molecule has 1 saturated heterocycles. The van der Waals surface area contributed by atoms with Gasteiger partial charge in [0, 0.05) is 24.4 Å². The van der Waals surface area contributed by atoms with Gasteiger partial charge in [0.05, 0.1) is 21.8 Å². The van der Waals surface area contributed by atoms with E-state index in [1.54, 1.807) is 42.7 Å². The van der Waals surface area contributed by atoms with Crippen LogP contribution in [-0.2, 0) is 16.0 Å². The number of ether oxygens (including phenoxy) is 1. The zero-order valence-corrected chi connectivity index (χ0v) is 19.3. The van der Waals surface area contributed by atoms with E-state index in [-0.39, 0.29) is 22.6 Å². The highest BCUT2D eigenvalue weighted by Gasteiger charge is 2.48. The Labute approximate surface area is 203 Å². The highest BCUT2D eigenvalue weighted by atomic mass is 32.1. The largest absolute Gasteiger partial charge is 0.507 e. The van der Waals surface area contributed by atoms with Crippen molar-refractivity contribution in [3.8, 4) is 5.75 Å². The van der Waals surface area contributed by atoms with Gasteiger partial charge in [-0.2, -0.15) is 0 Å². The van der Waals surface area contributed by atoms with Crippen LogP contribution in [0.2, 0.25) is 0 Å². The van der Waals surface area contributed by atoms with E-state index in [9.17, 15) is 19.1 Å². The highest BCUT2D eigenvalue weighted by Crippen LogP contribution is 2.44. The number of pyridine rings is 1. The molecule has 2 aliphatic heterocycles. The molecule has 0 aliphatic carbocycles. The third-order valence-corrected chi connectivity index (χ3v) is 7.18. The number of rotatable bonds is 3. The molecule has 0 unspecified atom stereocenters. The number of fused-ring (bicyclic) bond motifs is 2. The van der Waals surface area contributed by atoms with Crippen molar-refractivity contribution in [2.75, 3.05) is 4.90 Å². The van der Waals surface area contributed by atoms with E-state index < -0.39 is 23.5 Å². The lowest BCUT2D eigenvalue weighted by molar-refractivity contribution is -0.132. The molecule has 7 nitrogen and oxygen atoms in total. The monoisotopic (exact) mass is 487 g/mol. The molecule has 1 amide bonds. The van der Waals surface area contributed by atoms with Crippen molar-refractivity contribution in [2.24, 2.45) is 0 Å². The molecule has 2 aliphatic rings. The van der Waals surface area contributed by atoms with Crippen LogP contribution in [0.15, 0.2) is 66.5 Å². The number of aromatic nitrogens is 2. The summed E-state index contributed by atoms with van der Waals surface area (Å²) in [5.41, 5.74) is 2.32. The Bertz CT molecular complexity index is 1550. The van der Waals surface area contributed by atoms with Crippen molar-refractivity contribution in [1.29, 1.82) is 0 Å². The molecule has 0 radical (unpaired) electrons. The first-order chi connectivity index (χ1) is 16.9. The molecule has 9 heteroatoms. The van der Waals surface area contributed by atoms with Crippen LogP contribution in [0.1, 0.15) is 29.7 Å². The molecule has 0 bridgehead atoms. The maximum absolute atomic E-state index is 13.8. The summed E-state index contributed by atoms with van der Waals surface area (Å²) in [7, 11) is 0. The average Bonchev–Trinajstić information content (AvgIpc) is 3.51. The molecule has 1 fully saturated rings. The highest BCUT2D eigenvalue weighted by molar-refractivity contribution is 7.22. The van der Waals surface area contributed by atoms with E-state index in [0.717, 1.165) is 22.6 Å². The van der Waals surface area contributed by atoms with Crippen molar-refractivity contribution in [3.63, 3.8) is 0 Å². The minimum Gasteiger partial charge on any atom is -0.507 e. The van der Waals surface area contributed by atoms with Gasteiger partial charge < -0.3 is 9.84 Å². The molecular formula is C26H18FN3O4S. The molecule has 2 atom stereocenters. The Kier molecular flexibility index (Phi) is 4.89. The Morgan fingerprint density at radius 3 is 2.86 bits per heavy atom. The van der Waals surface area contributed by atoms with Gasteiger partial charge in [0.25, 0.3) is 5.78 Å². The lowest BCUT2D eigenvalue weighted by atomic mass is 9.95. The summed E-state index contributed by atoms with van der Waals surface area (Å²) >= 11 is 1.10. The number of Topliss-reactive ketones (excluding diaryl/α,β-unsaturated/α-hetero) is 1. The molecule has 0 saturated carbocycles. The number of hydrogen-bond donors (Lipinski definition) is 1. The second-order valence-corrected chi connectivity index (χ2v) is 9.53. The van der Waals surface area contributed by atoms with Gasteiger partial charge in [-0.25, -0.2) is 9.37 Å². The fourth-order valence-corrected chi connectivity index (χ4v) is 5.61. The summed E-state index contributed by atoms with van der Waals surface area (Å²) in [6, 6.07) is 11.8. The molecule has 4 aromatic rings. The number of carbonyl (C=O) groups is 2. The first kappa shape index (κ1) is 21.4. The van der Waals surface area contributed by atoms with Gasteiger partial charge in [0.15, 0.2) is 5.13 Å². The number of benzene rings is 2. The summed E-state index contributed by atoms with van der Waals surface area (Å²) in [4.78, 5) is 36.5. The summed E-state index contributed by atoms with van der Waals surface area (Å²) in [5, 5.41) is 11.6. The average molecular weight is 488 g/mol. The second kappa shape index (κ2) is 7.99. The van der Waals surface area contributed by atoms with Crippen molar-refractivity contribution in [3.05, 3.63) is 89.0 Å². The van der Waals surface area contributed by atoms with Crippen LogP contribution < -0.4 is 9.64 Å². The van der Waals surface area contributed by atoms with E-state index >= 15 is 0 Å². The Morgan fingerprint density at radius 1 is 1.20 bits per heavy atom. The van der Waals surface area contributed by atoms with E-state index in [2.05, 4.69) is 9.97 Å². The predicted molar refractivity (Wildman–Crippen MR) is 129 cm³/mol. The van der Waals surface area contributed by atoms with Crippen LogP contribution >= 0.6 is 11.3 Å². The van der Waals surface area contributed by atoms with E-state index in [4.69, 9.17) is 4.74 Å². The molecule has 174 valence electrons. The standard InChI is InChI=1S/C26H18FN3O4S/c1-13-9-16-10-14(4-7-19(16)34-13)23(31)21-22(15-3-2-8-28-12-15)30(25(33)24(21)32)26-29-18-6-5-17(27)11-20(18)35-26/h2-8,10-13,22,31H,9H2,1H3/b23-21+/t13-,22+/m1/s1. The molecule has 2 aromatic heterocycles. The summed E-state index contributed by atoms with van der Waals surface area (Å²) in [5.74, 6) is -1.62. The first-order valence-electron chi connectivity index (χ1n) is 11.0. The maximum atomic E-state index is 13.8. The SMILES string of the molecule is C[C@@H]1Cc2cc(/C(O)=C3\C(=O)C(=O)N(c4nc5ccc(F)cc5s4)[C@H]3c3cccnc3)ccc2O1. The van der Waals surface area contributed by atoms with Crippen LogP contribution in [0.5, 0.6) is 5.75 Å². The third-order valence-electron chi connectivity index (χ3n) is 6.16. The van der Waals surface area contributed by atoms with E-state index in [0.29, 0.717) is 27.8 Å². The first-order valence-corrected chi connectivity index (χ1v) is 11.8. The van der Waals surface area contributed by atoms with Crippen LogP contribution in [0.25, 0.3) is 16.0 Å². The summed E-state index contributed by atoms with van der Waals surface area (Å²) in [6.07, 6.45) is 3.83. The van der Waals surface area contributed by atoms with Gasteiger partial charge in [-0.1, -0.05) is 17.4 Å². The fraction of sp³-hybridized carbons (Fsp3) is 0.154.